The number of rotatable bonds is 4. The summed E-state index contributed by atoms with van der Waals surface area (Å²) in [6.45, 7) is 0.681. The van der Waals surface area contributed by atoms with Gasteiger partial charge in [0.1, 0.15) is 0 Å². The Morgan fingerprint density at radius 3 is 2.79 bits per heavy atom. The number of nitrogens with one attached hydrogen (secondary N) is 1. The molecule has 1 heterocycles. The number of hydrogen-bond acceptors (Lipinski definition) is 4. The molecule has 0 spiro atoms. The molecule has 1 saturated heterocycles. The van der Waals surface area contributed by atoms with Crippen LogP contribution in [-0.4, -0.2) is 33.2 Å². The SMILES string of the molecule is NC1C2CCOC2C1NS(=O)(=O)Cc1ccccc1. The van der Waals surface area contributed by atoms with Crippen LogP contribution in [0, 0.1) is 5.92 Å². The molecule has 4 unspecified atom stereocenters. The summed E-state index contributed by atoms with van der Waals surface area (Å²) in [7, 11) is -3.38. The second kappa shape index (κ2) is 4.86. The molecule has 19 heavy (non-hydrogen) atoms. The van der Waals surface area contributed by atoms with Gasteiger partial charge in [-0.2, -0.15) is 0 Å². The second-order valence-electron chi connectivity index (χ2n) is 5.25. The van der Waals surface area contributed by atoms with Crippen LogP contribution in [0.2, 0.25) is 0 Å². The Morgan fingerprint density at radius 1 is 1.32 bits per heavy atom. The lowest BCUT2D eigenvalue weighted by Gasteiger charge is -2.45. The number of benzene rings is 1. The van der Waals surface area contributed by atoms with Crippen molar-refractivity contribution in [2.75, 3.05) is 6.61 Å². The van der Waals surface area contributed by atoms with Crippen LogP contribution in [0.1, 0.15) is 12.0 Å². The molecular weight excluding hydrogens is 264 g/mol. The highest BCUT2D eigenvalue weighted by atomic mass is 32.2. The van der Waals surface area contributed by atoms with Crippen molar-refractivity contribution in [1.82, 2.24) is 4.72 Å². The molecule has 1 aromatic carbocycles. The van der Waals surface area contributed by atoms with Crippen LogP contribution in [0.4, 0.5) is 0 Å². The van der Waals surface area contributed by atoms with Crippen molar-refractivity contribution in [3.05, 3.63) is 35.9 Å². The van der Waals surface area contributed by atoms with Crippen molar-refractivity contribution in [1.29, 1.82) is 0 Å². The number of fused-ring (bicyclic) bond motifs is 1. The standard InChI is InChI=1S/C13H18N2O3S/c14-11-10-6-7-18-13(10)12(11)15-19(16,17)8-9-4-2-1-3-5-9/h1-5,10-13,15H,6-8,14H2. The van der Waals surface area contributed by atoms with Crippen molar-refractivity contribution in [2.24, 2.45) is 11.7 Å². The van der Waals surface area contributed by atoms with Crippen LogP contribution in [0.25, 0.3) is 0 Å². The predicted molar refractivity (Wildman–Crippen MR) is 71.8 cm³/mol. The Labute approximate surface area is 113 Å². The van der Waals surface area contributed by atoms with Crippen LogP contribution in [0.5, 0.6) is 0 Å². The summed E-state index contributed by atoms with van der Waals surface area (Å²) < 4.78 is 32.4. The molecule has 1 saturated carbocycles. The first-order chi connectivity index (χ1) is 9.07. The van der Waals surface area contributed by atoms with Gasteiger partial charge in [-0.3, -0.25) is 0 Å². The monoisotopic (exact) mass is 282 g/mol. The van der Waals surface area contributed by atoms with E-state index in [9.17, 15) is 8.42 Å². The number of nitrogens with two attached hydrogens (primary N) is 1. The molecule has 2 fully saturated rings. The maximum Gasteiger partial charge on any atom is 0.216 e. The third-order valence-corrected chi connectivity index (χ3v) is 5.31. The van der Waals surface area contributed by atoms with Gasteiger partial charge in [0.15, 0.2) is 0 Å². The maximum atomic E-state index is 12.1. The van der Waals surface area contributed by atoms with Gasteiger partial charge in [0.25, 0.3) is 0 Å². The van der Waals surface area contributed by atoms with Gasteiger partial charge >= 0.3 is 0 Å². The minimum Gasteiger partial charge on any atom is -0.376 e. The van der Waals surface area contributed by atoms with Crippen molar-refractivity contribution >= 4 is 10.0 Å². The maximum absolute atomic E-state index is 12.1. The van der Waals surface area contributed by atoms with Gasteiger partial charge in [0.2, 0.25) is 10.0 Å². The normalized spacial score (nSPS) is 33.7. The molecule has 4 atom stereocenters. The first-order valence-corrected chi connectivity index (χ1v) is 8.13. The first kappa shape index (κ1) is 13.1. The Kier molecular flexibility index (Phi) is 3.34. The average molecular weight is 282 g/mol. The molecule has 1 aliphatic carbocycles. The minimum absolute atomic E-state index is 0.0194. The van der Waals surface area contributed by atoms with Gasteiger partial charge in [0.05, 0.1) is 17.9 Å². The van der Waals surface area contributed by atoms with Crippen molar-refractivity contribution in [3.8, 4) is 0 Å². The van der Waals surface area contributed by atoms with Crippen molar-refractivity contribution < 1.29 is 13.2 Å². The van der Waals surface area contributed by atoms with E-state index in [1.54, 1.807) is 12.1 Å². The van der Waals surface area contributed by atoms with Gasteiger partial charge in [-0.25, -0.2) is 13.1 Å². The number of sulfonamides is 1. The molecule has 1 aliphatic heterocycles. The molecule has 5 nitrogen and oxygen atoms in total. The lowest BCUT2D eigenvalue weighted by Crippen LogP contribution is -2.68. The first-order valence-electron chi connectivity index (χ1n) is 6.48. The van der Waals surface area contributed by atoms with Crippen molar-refractivity contribution in [3.63, 3.8) is 0 Å². The Bertz CT molecular complexity index is 546. The second-order valence-corrected chi connectivity index (χ2v) is 7.01. The molecule has 2 aliphatic rings. The zero-order valence-corrected chi connectivity index (χ0v) is 11.3. The summed E-state index contributed by atoms with van der Waals surface area (Å²) in [4.78, 5) is 0. The fourth-order valence-electron chi connectivity index (χ4n) is 2.94. The Hall–Kier alpha value is -0.950. The highest BCUT2D eigenvalue weighted by molar-refractivity contribution is 7.88. The summed E-state index contributed by atoms with van der Waals surface area (Å²) in [5, 5.41) is 0. The largest absolute Gasteiger partial charge is 0.376 e. The van der Waals surface area contributed by atoms with E-state index in [4.69, 9.17) is 10.5 Å². The molecule has 0 bridgehead atoms. The quantitative estimate of drug-likeness (QED) is 0.828. The fourth-order valence-corrected chi connectivity index (χ4v) is 4.36. The third kappa shape index (κ3) is 2.53. The molecule has 1 aromatic rings. The molecule has 3 N–H and O–H groups in total. The van der Waals surface area contributed by atoms with Gasteiger partial charge in [-0.15, -0.1) is 0 Å². The number of hydrogen-bond donors (Lipinski definition) is 2. The van der Waals surface area contributed by atoms with E-state index in [2.05, 4.69) is 4.72 Å². The van der Waals surface area contributed by atoms with Gasteiger partial charge in [0, 0.05) is 18.6 Å². The molecule has 0 radical (unpaired) electrons. The predicted octanol–water partition coefficient (Wildman–Crippen LogP) is 0.221. The number of ether oxygens (including phenoxy) is 1. The van der Waals surface area contributed by atoms with Gasteiger partial charge in [-0.1, -0.05) is 30.3 Å². The molecule has 6 heteroatoms. The highest BCUT2D eigenvalue weighted by Gasteiger charge is 2.53. The average Bonchev–Trinajstić information content (AvgIpc) is 2.82. The topological polar surface area (TPSA) is 81.4 Å². The van der Waals surface area contributed by atoms with E-state index in [0.717, 1.165) is 12.0 Å². The van der Waals surface area contributed by atoms with Gasteiger partial charge < -0.3 is 10.5 Å². The fraction of sp³-hybridized carbons (Fsp3) is 0.538. The summed E-state index contributed by atoms with van der Waals surface area (Å²) in [6.07, 6.45) is 0.892. The van der Waals surface area contributed by atoms with E-state index in [1.807, 2.05) is 18.2 Å². The van der Waals surface area contributed by atoms with E-state index < -0.39 is 10.0 Å². The van der Waals surface area contributed by atoms with E-state index >= 15 is 0 Å². The zero-order chi connectivity index (χ0) is 13.5. The molecular formula is C13H18N2O3S. The molecule has 0 amide bonds. The molecule has 0 aromatic heterocycles. The third-order valence-electron chi connectivity index (χ3n) is 3.96. The molecule has 3 rings (SSSR count). The van der Waals surface area contributed by atoms with Gasteiger partial charge in [-0.05, 0) is 12.0 Å². The van der Waals surface area contributed by atoms with E-state index in [-0.39, 0.29) is 23.9 Å². The summed E-state index contributed by atoms with van der Waals surface area (Å²) in [5.74, 6) is 0.290. The highest BCUT2D eigenvalue weighted by Crippen LogP contribution is 2.38. The Balaban J connectivity index is 1.66. The molecule has 104 valence electrons. The summed E-state index contributed by atoms with van der Waals surface area (Å²) in [5.41, 5.74) is 6.77. The summed E-state index contributed by atoms with van der Waals surface area (Å²) >= 11 is 0. The van der Waals surface area contributed by atoms with Crippen LogP contribution >= 0.6 is 0 Å². The van der Waals surface area contributed by atoms with Crippen LogP contribution in [0.15, 0.2) is 30.3 Å². The Morgan fingerprint density at radius 2 is 2.05 bits per heavy atom. The van der Waals surface area contributed by atoms with Crippen molar-refractivity contribution in [2.45, 2.75) is 30.4 Å². The van der Waals surface area contributed by atoms with Crippen LogP contribution < -0.4 is 10.5 Å². The smallest absolute Gasteiger partial charge is 0.216 e. The summed E-state index contributed by atoms with van der Waals surface area (Å²) in [6, 6.07) is 8.72. The lowest BCUT2D eigenvalue weighted by molar-refractivity contribution is -0.00925. The van der Waals surface area contributed by atoms with Crippen LogP contribution in [0.3, 0.4) is 0 Å². The van der Waals surface area contributed by atoms with E-state index in [1.165, 1.54) is 0 Å². The zero-order valence-electron chi connectivity index (χ0n) is 10.5. The van der Waals surface area contributed by atoms with Crippen LogP contribution in [-0.2, 0) is 20.5 Å². The minimum atomic E-state index is -3.38. The van der Waals surface area contributed by atoms with E-state index in [0.29, 0.717) is 12.5 Å². The lowest BCUT2D eigenvalue weighted by atomic mass is 9.73.